The van der Waals surface area contributed by atoms with Crippen LogP contribution in [0, 0.1) is 15.9 Å². The van der Waals surface area contributed by atoms with E-state index in [-0.39, 0.29) is 5.82 Å². The minimum Gasteiger partial charge on any atom is -0.494 e. The number of nitrogen functional groups attached to an aromatic ring is 1. The zero-order valence-electron chi connectivity index (χ0n) is 7.81. The number of hydrogen-bond donors (Lipinski definition) is 3. The number of anilines is 1. The monoisotopic (exact) mass is 219 g/mol. The Morgan fingerprint density at radius 2 is 2.20 bits per heavy atom. The Balaban J connectivity index is 0.000000423. The molecule has 0 aliphatic carbocycles. The summed E-state index contributed by atoms with van der Waals surface area (Å²) in [4.78, 5) is 8.36. The number of nitrogens with zero attached hydrogens (tertiary/aromatic N) is 1. The van der Waals surface area contributed by atoms with Crippen LogP contribution in [0.25, 0.3) is 0 Å². The van der Waals surface area contributed by atoms with Crippen molar-refractivity contribution < 1.29 is 19.4 Å². The number of ether oxygens (including phenoxy) is 1. The van der Waals surface area contributed by atoms with Gasteiger partial charge in [-0.05, 0) is 12.1 Å². The molecule has 7 nitrogen and oxygen atoms in total. The highest BCUT2D eigenvalue weighted by atomic mass is 19.1. The van der Waals surface area contributed by atoms with Gasteiger partial charge >= 0.3 is 0 Å². The normalized spacial score (nSPS) is 8.47. The molecule has 0 aromatic heterocycles. The van der Waals surface area contributed by atoms with E-state index in [1.165, 1.54) is 25.3 Å². The van der Waals surface area contributed by atoms with Crippen LogP contribution in [0.15, 0.2) is 18.2 Å². The minimum absolute atomic E-state index is 0.346. The Kier molecular flexibility index (Phi) is 5.49. The lowest BCUT2D eigenvalue weighted by atomic mass is 10.3. The molecule has 0 fully saturated rings. The Morgan fingerprint density at radius 3 is 2.60 bits per heavy atom. The third kappa shape index (κ3) is 5.26. The van der Waals surface area contributed by atoms with Gasteiger partial charge < -0.3 is 15.4 Å². The van der Waals surface area contributed by atoms with Gasteiger partial charge in [0.2, 0.25) is 0 Å². The summed E-state index contributed by atoms with van der Waals surface area (Å²) in [6.07, 6.45) is 0. The van der Waals surface area contributed by atoms with E-state index in [0.717, 1.165) is 0 Å². The molecule has 0 aliphatic heterocycles. The van der Waals surface area contributed by atoms with Crippen LogP contribution in [0.4, 0.5) is 10.1 Å². The van der Waals surface area contributed by atoms with Gasteiger partial charge in [0.05, 0.1) is 12.8 Å². The van der Waals surface area contributed by atoms with Crippen LogP contribution in [-0.2, 0) is 0 Å². The fourth-order valence-corrected chi connectivity index (χ4v) is 0.784. The lowest BCUT2D eigenvalue weighted by molar-refractivity contribution is -0.742. The molecule has 1 aromatic carbocycles. The molecule has 1 aromatic rings. The van der Waals surface area contributed by atoms with Crippen molar-refractivity contribution in [2.75, 3.05) is 12.5 Å². The molecule has 0 radical (unpaired) electrons. The van der Waals surface area contributed by atoms with Gasteiger partial charge in [-0.15, -0.1) is 10.1 Å². The number of nitrogens with one attached hydrogen (secondary N) is 1. The summed E-state index contributed by atoms with van der Waals surface area (Å²) in [7, 11) is 1.45. The standard InChI is InChI=1S/C7H9FN2O.HNO3/c1-11-7-4-5(8)2-3-6(7)10-9;2-1(3)4/h2-4,10H,9H2,1H3;(H,2,3,4). The second-order valence-electron chi connectivity index (χ2n) is 2.23. The molecule has 0 aliphatic rings. The smallest absolute Gasteiger partial charge is 0.291 e. The lowest BCUT2D eigenvalue weighted by Gasteiger charge is -2.06. The van der Waals surface area contributed by atoms with Gasteiger partial charge in [0.1, 0.15) is 11.6 Å². The molecule has 0 saturated heterocycles. The van der Waals surface area contributed by atoms with Gasteiger partial charge in [0.15, 0.2) is 0 Å². The second-order valence-corrected chi connectivity index (χ2v) is 2.23. The van der Waals surface area contributed by atoms with Gasteiger partial charge in [-0.2, -0.15) is 0 Å². The van der Waals surface area contributed by atoms with Crippen LogP contribution in [0.3, 0.4) is 0 Å². The van der Waals surface area contributed by atoms with Crippen LogP contribution in [0.2, 0.25) is 0 Å². The molecular weight excluding hydrogens is 209 g/mol. The topological polar surface area (TPSA) is 111 Å². The van der Waals surface area contributed by atoms with E-state index in [1.54, 1.807) is 0 Å². The summed E-state index contributed by atoms with van der Waals surface area (Å²) in [6, 6.07) is 4.07. The molecule has 8 heteroatoms. The van der Waals surface area contributed by atoms with Crippen molar-refractivity contribution in [3.05, 3.63) is 34.1 Å². The molecule has 0 bridgehead atoms. The summed E-state index contributed by atoms with van der Waals surface area (Å²) >= 11 is 0. The molecule has 0 spiro atoms. The van der Waals surface area contributed by atoms with Crippen LogP contribution in [0.5, 0.6) is 5.75 Å². The largest absolute Gasteiger partial charge is 0.494 e. The van der Waals surface area contributed by atoms with Crippen molar-refractivity contribution >= 4 is 5.69 Å². The molecule has 4 N–H and O–H groups in total. The summed E-state index contributed by atoms with van der Waals surface area (Å²) in [5, 5.41) is 13.6. The summed E-state index contributed by atoms with van der Waals surface area (Å²) < 4.78 is 17.4. The van der Waals surface area contributed by atoms with Crippen molar-refractivity contribution in [2.24, 2.45) is 5.84 Å². The third-order valence-corrected chi connectivity index (χ3v) is 1.32. The average molecular weight is 219 g/mol. The van der Waals surface area contributed by atoms with Crippen molar-refractivity contribution in [1.29, 1.82) is 0 Å². The highest BCUT2D eigenvalue weighted by Gasteiger charge is 2.00. The fraction of sp³-hybridized carbons (Fsp3) is 0.143. The molecule has 84 valence electrons. The predicted octanol–water partition coefficient (Wildman–Crippen LogP) is 0.772. The molecule has 0 amide bonds. The first kappa shape index (κ1) is 12.9. The van der Waals surface area contributed by atoms with E-state index < -0.39 is 5.09 Å². The van der Waals surface area contributed by atoms with Crippen LogP contribution < -0.4 is 16.0 Å². The van der Waals surface area contributed by atoms with Gasteiger partial charge in [-0.3, -0.25) is 5.84 Å². The Morgan fingerprint density at radius 1 is 1.67 bits per heavy atom. The molecule has 0 heterocycles. The number of halogens is 1. The lowest BCUT2D eigenvalue weighted by Crippen LogP contribution is -2.08. The van der Waals surface area contributed by atoms with Gasteiger partial charge in [-0.25, -0.2) is 4.39 Å². The molecular formula is C7H10FN3O4. The summed E-state index contributed by atoms with van der Waals surface area (Å²) in [6.45, 7) is 0. The molecule has 0 atom stereocenters. The van der Waals surface area contributed by atoms with E-state index in [4.69, 9.17) is 25.9 Å². The first-order chi connectivity index (χ1) is 7.01. The molecule has 15 heavy (non-hydrogen) atoms. The van der Waals surface area contributed by atoms with Crippen LogP contribution >= 0.6 is 0 Å². The highest BCUT2D eigenvalue weighted by molar-refractivity contribution is 5.55. The van der Waals surface area contributed by atoms with Crippen molar-refractivity contribution in [3.63, 3.8) is 0 Å². The zero-order valence-corrected chi connectivity index (χ0v) is 7.81. The van der Waals surface area contributed by atoms with E-state index in [2.05, 4.69) is 5.43 Å². The number of methoxy groups -OCH3 is 1. The average Bonchev–Trinajstić information content (AvgIpc) is 2.16. The van der Waals surface area contributed by atoms with Crippen molar-refractivity contribution in [3.8, 4) is 5.75 Å². The van der Waals surface area contributed by atoms with Crippen LogP contribution in [-0.4, -0.2) is 17.4 Å². The SMILES string of the molecule is COc1cc(F)ccc1NN.O=[N+]([O-])O. The van der Waals surface area contributed by atoms with Crippen molar-refractivity contribution in [2.45, 2.75) is 0 Å². The minimum atomic E-state index is -1.50. The van der Waals surface area contributed by atoms with Gasteiger partial charge in [0.25, 0.3) is 5.09 Å². The Labute approximate surface area is 84.3 Å². The van der Waals surface area contributed by atoms with E-state index in [0.29, 0.717) is 11.4 Å². The van der Waals surface area contributed by atoms with Gasteiger partial charge in [0, 0.05) is 6.07 Å². The second kappa shape index (κ2) is 6.38. The maximum Gasteiger partial charge on any atom is 0.291 e. The molecule has 0 saturated carbocycles. The first-order valence-corrected chi connectivity index (χ1v) is 3.64. The van der Waals surface area contributed by atoms with E-state index in [1.807, 2.05) is 0 Å². The number of hydrazine groups is 1. The Hall–Kier alpha value is -2.09. The maximum absolute atomic E-state index is 12.5. The Bertz CT molecular complexity index is 330. The molecule has 0 unspecified atom stereocenters. The molecule has 1 rings (SSSR count). The number of rotatable bonds is 2. The van der Waals surface area contributed by atoms with Crippen molar-refractivity contribution in [1.82, 2.24) is 0 Å². The highest BCUT2D eigenvalue weighted by Crippen LogP contribution is 2.23. The number of benzene rings is 1. The van der Waals surface area contributed by atoms with Gasteiger partial charge in [-0.1, -0.05) is 0 Å². The van der Waals surface area contributed by atoms with E-state index in [9.17, 15) is 4.39 Å². The van der Waals surface area contributed by atoms with E-state index >= 15 is 0 Å². The fourth-order valence-electron chi connectivity index (χ4n) is 0.784. The number of hydrogen-bond acceptors (Lipinski definition) is 5. The zero-order chi connectivity index (χ0) is 11.8. The first-order valence-electron chi connectivity index (χ1n) is 3.64. The summed E-state index contributed by atoms with van der Waals surface area (Å²) in [5.74, 6) is 5.17. The quantitative estimate of drug-likeness (QED) is 0.385. The summed E-state index contributed by atoms with van der Waals surface area (Å²) in [5.41, 5.74) is 2.95. The predicted molar refractivity (Wildman–Crippen MR) is 49.5 cm³/mol. The maximum atomic E-state index is 12.5. The number of nitrogens with two attached hydrogens (primary N) is 1. The third-order valence-electron chi connectivity index (χ3n) is 1.32. The van der Waals surface area contributed by atoms with Crippen LogP contribution in [0.1, 0.15) is 0 Å².